The lowest BCUT2D eigenvalue weighted by Gasteiger charge is -2.26. The van der Waals surface area contributed by atoms with E-state index >= 15 is 0 Å². The van der Waals surface area contributed by atoms with E-state index in [2.05, 4.69) is 25.3 Å². The lowest BCUT2D eigenvalue weighted by atomic mass is 9.98. The molecule has 3 saturated heterocycles. The van der Waals surface area contributed by atoms with Crippen molar-refractivity contribution in [3.05, 3.63) is 262 Å². The molecule has 0 atom stereocenters. The third-order valence-corrected chi connectivity index (χ3v) is 22.6. The zero-order chi connectivity index (χ0) is 81.3. The Morgan fingerprint density at radius 1 is 0.430 bits per heavy atom. The molecule has 9 N–H and O–H groups in total. The highest BCUT2D eigenvalue weighted by molar-refractivity contribution is 7.89. The Hall–Kier alpha value is -12.5. The van der Waals surface area contributed by atoms with E-state index in [4.69, 9.17) is 32.4 Å². The number of amides is 6. The predicted octanol–water partition coefficient (Wildman–Crippen LogP) is 12.4. The summed E-state index contributed by atoms with van der Waals surface area (Å²) in [5.41, 5.74) is 32.9. The van der Waals surface area contributed by atoms with Crippen molar-refractivity contribution in [3.63, 3.8) is 0 Å². The number of aromatic nitrogens is 4. The number of nitrogens with zero attached hydrogens (tertiary/aromatic N) is 7. The van der Waals surface area contributed by atoms with E-state index in [0.29, 0.717) is 78.8 Å². The molecule has 8 aromatic carbocycles. The molecule has 24 nitrogen and oxygen atoms in total. The number of fused-ring (bicyclic) bond motifs is 4. The van der Waals surface area contributed by atoms with Gasteiger partial charge in [0.1, 0.15) is 58.3 Å². The number of carbonyl (C=O) groups excluding carboxylic acids is 6. The second-order valence-electron chi connectivity index (χ2n) is 28.2. The van der Waals surface area contributed by atoms with E-state index < -0.39 is 55.4 Å². The maximum Gasteiger partial charge on any atom is 0.407 e. The lowest BCUT2D eigenvalue weighted by Crippen LogP contribution is -2.40. The van der Waals surface area contributed by atoms with Crippen molar-refractivity contribution < 1.29 is 72.6 Å². The van der Waals surface area contributed by atoms with E-state index in [9.17, 15) is 63.2 Å². The smallest absolute Gasteiger partial charge is 0.407 e. The van der Waals surface area contributed by atoms with Gasteiger partial charge < -0.3 is 42.6 Å². The normalized spacial score (nSPS) is 14.7. The summed E-state index contributed by atoms with van der Waals surface area (Å²) in [6.45, 7) is 8.67. The Morgan fingerprint density at radius 3 is 1.06 bits per heavy atom. The van der Waals surface area contributed by atoms with Crippen LogP contribution < -0.4 is 28.3 Å². The highest BCUT2D eigenvalue weighted by Gasteiger charge is 2.30. The summed E-state index contributed by atoms with van der Waals surface area (Å²) in [6.07, 6.45) is 1.62. The molecule has 6 amide bonds. The van der Waals surface area contributed by atoms with Crippen molar-refractivity contribution in [2.75, 3.05) is 44.4 Å². The molecule has 0 bridgehead atoms. The molecule has 586 valence electrons. The number of hydrogen-bond acceptors (Lipinski definition) is 16. The number of pyridine rings is 4. The fourth-order valence-corrected chi connectivity index (χ4v) is 16.3. The molecule has 30 heteroatoms. The van der Waals surface area contributed by atoms with Gasteiger partial charge in [0.2, 0.25) is 26.0 Å². The highest BCUT2D eigenvalue weighted by atomic mass is 32.2. The first-order valence-corrected chi connectivity index (χ1v) is 39.3. The number of morpholine rings is 1. The van der Waals surface area contributed by atoms with Crippen LogP contribution in [0.5, 0.6) is 0 Å². The summed E-state index contributed by atoms with van der Waals surface area (Å²) >= 11 is 0. The summed E-state index contributed by atoms with van der Waals surface area (Å²) in [6, 6.07) is 52.3. The molecule has 0 unspecified atom stereocenters. The number of sulfonamides is 2. The lowest BCUT2D eigenvalue weighted by molar-refractivity contribution is -0.143. The number of ether oxygens (including phenoxy) is 2. The summed E-state index contributed by atoms with van der Waals surface area (Å²) in [4.78, 5) is 90.0. The molecule has 12 aromatic rings. The minimum atomic E-state index is -3.25. The number of nitrogens with two attached hydrogens (primary N) is 4. The van der Waals surface area contributed by atoms with Crippen molar-refractivity contribution in [3.8, 4) is 44.5 Å². The average Bonchev–Trinajstić information content (AvgIpc) is 0.939. The van der Waals surface area contributed by atoms with Crippen molar-refractivity contribution >= 4 is 99.3 Å². The maximum absolute atomic E-state index is 13.3. The van der Waals surface area contributed by atoms with Crippen LogP contribution in [-0.2, 0) is 60.5 Å². The van der Waals surface area contributed by atoms with E-state index in [0.717, 1.165) is 83.6 Å². The predicted molar refractivity (Wildman–Crippen MR) is 424 cm³/mol. The van der Waals surface area contributed by atoms with Crippen LogP contribution in [0.1, 0.15) is 104 Å². The van der Waals surface area contributed by atoms with Crippen LogP contribution in [0.3, 0.4) is 0 Å². The molecule has 3 aliphatic rings. The number of rotatable bonds is 16. The number of hydrogen-bond donors (Lipinski definition) is 5. The number of nitrogens with one attached hydrogen (secondary N) is 1. The standard InChI is InChI=1S/C22H22FN3O3.C21H20FN3O3S.C21H18FN3O3.C20H18FN3O3S/c1-22(2,3)29-21(28)25-12-13-4-9-16-17(14-5-7-15(23)8-6-14)11-19(20(24)27)26-18(16)10-13;22-16-6-4-15(5-7-16)18-12-20(21(23)26)24-19-11-14(3-8-17(18)19)13-25-9-1-2-10-29(25,27)28;22-15-4-2-14(3-5-15)17-10-19(21(23)27)24-18-9-13(1-6-16(17)18)11-25-7-8-28-12-20(25)26;21-15-5-3-14(4-6-15)17-11-19(20(22)25)23-18-10-13(2-7-16(17)18)12-24-8-1-9-28(24,26)27/h4-11H,12H2,1-3H3,(H2,24,27)(H,25,28);3-8,11-12H,1-2,9-10,13H2,(H2,23,26);1-6,9-10H,7-8,11-12H2,(H2,23,27);2-7,10-11H,1,8-9,12H2,(H2,22,25). The molecule has 7 heterocycles. The van der Waals surface area contributed by atoms with Crippen LogP contribution in [0.2, 0.25) is 0 Å². The van der Waals surface area contributed by atoms with Gasteiger partial charge in [-0.3, -0.25) is 24.0 Å². The molecule has 0 spiro atoms. The van der Waals surface area contributed by atoms with Crippen LogP contribution in [0.25, 0.3) is 88.1 Å². The molecule has 114 heavy (non-hydrogen) atoms. The number of halogens is 4. The topological polar surface area (TPSA) is 367 Å². The Bertz CT molecular complexity index is 5970. The van der Waals surface area contributed by atoms with Crippen LogP contribution in [0.15, 0.2) is 194 Å². The van der Waals surface area contributed by atoms with Gasteiger partial charge in [0.05, 0.1) is 40.2 Å². The summed E-state index contributed by atoms with van der Waals surface area (Å²) in [5.74, 6) is -3.76. The fourth-order valence-electron chi connectivity index (χ4n) is 13.2. The first-order chi connectivity index (χ1) is 54.3. The van der Waals surface area contributed by atoms with Crippen molar-refractivity contribution in [2.24, 2.45) is 22.9 Å². The van der Waals surface area contributed by atoms with Crippen molar-refractivity contribution in [1.82, 2.24) is 38.8 Å². The van der Waals surface area contributed by atoms with Gasteiger partial charge in [0, 0.05) is 67.4 Å². The monoisotopic (exact) mass is 1590 g/mol. The molecular weight excluding hydrogens is 1510 g/mol. The van der Waals surface area contributed by atoms with Crippen molar-refractivity contribution in [2.45, 2.75) is 71.8 Å². The Labute approximate surface area is 653 Å². The number of alkyl carbamates (subject to hydrolysis) is 1. The Kier molecular flexibility index (Phi) is 24.6. The molecule has 3 fully saturated rings. The fraction of sp³-hybridized carbons (Fsp3) is 0.214. The molecular formula is C84H78F4N12O12S2. The number of benzene rings is 8. The van der Waals surface area contributed by atoms with E-state index in [1.807, 2.05) is 54.6 Å². The van der Waals surface area contributed by atoms with Gasteiger partial charge in [-0.05, 0) is 204 Å². The van der Waals surface area contributed by atoms with Crippen LogP contribution >= 0.6 is 0 Å². The SMILES string of the molecule is CC(C)(C)OC(=O)NCc1ccc2c(-c3ccc(F)cc3)cc(C(N)=O)nc2c1.NC(=O)c1cc(-c2ccc(F)cc2)c2ccc(CN3CCCCS3(=O)=O)cc2n1.NC(=O)c1cc(-c2ccc(F)cc2)c2ccc(CN3CCCS3(=O)=O)cc2n1.NC(=O)c1cc(-c2ccc(F)cc2)c2ccc(CN3CCOCC3=O)cc2n1. The van der Waals surface area contributed by atoms with Gasteiger partial charge in [0.25, 0.3) is 23.6 Å². The first-order valence-electron chi connectivity index (χ1n) is 36.1. The minimum Gasteiger partial charge on any atom is -0.444 e. The van der Waals surface area contributed by atoms with E-state index in [-0.39, 0.29) is 89.7 Å². The van der Waals surface area contributed by atoms with Gasteiger partial charge in [-0.1, -0.05) is 97.1 Å². The molecule has 0 saturated carbocycles. The minimum absolute atomic E-state index is 0.0582. The highest BCUT2D eigenvalue weighted by Crippen LogP contribution is 2.36. The second kappa shape index (κ2) is 34.6. The molecule has 15 rings (SSSR count). The van der Waals surface area contributed by atoms with E-state index in [1.165, 1.54) is 57.1 Å². The van der Waals surface area contributed by atoms with Crippen LogP contribution in [0.4, 0.5) is 22.4 Å². The van der Waals surface area contributed by atoms with Gasteiger partial charge in [0.15, 0.2) is 0 Å². The van der Waals surface area contributed by atoms with Gasteiger partial charge in [-0.15, -0.1) is 0 Å². The zero-order valence-corrected chi connectivity index (χ0v) is 63.7. The van der Waals surface area contributed by atoms with Crippen LogP contribution in [0, 0.1) is 23.3 Å². The summed E-state index contributed by atoms with van der Waals surface area (Å²) < 4.78 is 115. The first kappa shape index (κ1) is 81.0. The number of carbonyl (C=O) groups is 6. The summed E-state index contributed by atoms with van der Waals surface area (Å²) in [7, 11) is -6.46. The molecule has 0 aliphatic carbocycles. The van der Waals surface area contributed by atoms with Gasteiger partial charge in [-0.25, -0.2) is 59.1 Å². The zero-order valence-electron chi connectivity index (χ0n) is 62.0. The third-order valence-electron chi connectivity index (χ3n) is 18.8. The number of primary amides is 4. The third kappa shape index (κ3) is 20.0. The van der Waals surface area contributed by atoms with E-state index in [1.54, 1.807) is 117 Å². The average molecular weight is 1590 g/mol. The maximum atomic E-state index is 13.3. The summed E-state index contributed by atoms with van der Waals surface area (Å²) in [5, 5.41) is 5.82. The molecule has 4 aromatic heterocycles. The molecule has 0 radical (unpaired) electrons. The Morgan fingerprint density at radius 2 is 0.746 bits per heavy atom. The van der Waals surface area contributed by atoms with Gasteiger partial charge in [-0.2, -0.15) is 8.61 Å². The Balaban J connectivity index is 0.000000141. The largest absolute Gasteiger partial charge is 0.444 e. The molecule has 3 aliphatic heterocycles. The van der Waals surface area contributed by atoms with Crippen LogP contribution in [-0.4, -0.2) is 136 Å². The second-order valence-corrected chi connectivity index (χ2v) is 32.4. The van der Waals surface area contributed by atoms with Crippen molar-refractivity contribution in [1.29, 1.82) is 0 Å². The quantitative estimate of drug-likeness (QED) is 0.0561. The van der Waals surface area contributed by atoms with Gasteiger partial charge >= 0.3 is 6.09 Å².